The number of aliphatic hydroxyl groups is 1. The van der Waals surface area contributed by atoms with E-state index in [-0.39, 0.29) is 36.1 Å². The maximum absolute atomic E-state index is 13.9. The molecule has 6 rings (SSSR count). The molecule has 2 fully saturated rings. The van der Waals surface area contributed by atoms with E-state index >= 15 is 0 Å². The fourth-order valence-electron chi connectivity index (χ4n) is 6.25. The van der Waals surface area contributed by atoms with E-state index in [1.165, 1.54) is 6.07 Å². The highest BCUT2D eigenvalue weighted by Gasteiger charge is 2.47. The normalized spacial score (nSPS) is 24.2. The first-order chi connectivity index (χ1) is 20.2. The Morgan fingerprint density at radius 3 is 2.74 bits per heavy atom. The van der Waals surface area contributed by atoms with Gasteiger partial charge in [-0.2, -0.15) is 9.40 Å². The van der Waals surface area contributed by atoms with Crippen LogP contribution >= 0.6 is 0 Å². The van der Waals surface area contributed by atoms with Crippen molar-refractivity contribution in [3.63, 3.8) is 0 Å². The fraction of sp³-hybridized carbons (Fsp3) is 0.483. The van der Waals surface area contributed by atoms with Crippen LogP contribution in [0.1, 0.15) is 31.2 Å². The Bertz CT molecular complexity index is 1570. The second-order valence-electron chi connectivity index (χ2n) is 11.4. The number of hydrogen-bond acceptors (Lipinski definition) is 9. The Morgan fingerprint density at radius 1 is 1.19 bits per heavy atom. The predicted octanol–water partition coefficient (Wildman–Crippen LogP) is 1.55. The topological polar surface area (TPSA) is 139 Å². The number of fused-ring (bicyclic) bond motifs is 2. The minimum atomic E-state index is -4.15. The first-order valence-electron chi connectivity index (χ1n) is 14.2. The van der Waals surface area contributed by atoms with Crippen LogP contribution in [0.2, 0.25) is 0 Å². The summed E-state index contributed by atoms with van der Waals surface area (Å²) in [6, 6.07) is 7.82. The molecule has 2 saturated heterocycles. The van der Waals surface area contributed by atoms with Crippen LogP contribution in [0.5, 0.6) is 11.6 Å². The summed E-state index contributed by atoms with van der Waals surface area (Å²) in [5.74, 6) is 0.440. The van der Waals surface area contributed by atoms with E-state index in [9.17, 15) is 18.3 Å². The number of nitrogens with zero attached hydrogens (tertiary/aromatic N) is 5. The van der Waals surface area contributed by atoms with Crippen molar-refractivity contribution in [2.45, 2.75) is 54.8 Å². The van der Waals surface area contributed by atoms with E-state index in [1.54, 1.807) is 36.3 Å². The largest absolute Gasteiger partial charge is 0.492 e. The van der Waals surface area contributed by atoms with E-state index in [0.29, 0.717) is 31.7 Å². The van der Waals surface area contributed by atoms with Gasteiger partial charge in [0.1, 0.15) is 16.7 Å². The SMILES string of the molecule is COc1ncccc1CN1CCC2(CCOc3cc(-c4cnn(C)c4)ccc3S(=O)(=O)N3C[C@H](O)C[C@H]3C(=O)N2)CC1. The molecule has 0 radical (unpaired) electrons. The van der Waals surface area contributed by atoms with Crippen LogP contribution < -0.4 is 14.8 Å². The summed E-state index contributed by atoms with van der Waals surface area (Å²) in [6.07, 6.45) is 6.19. The summed E-state index contributed by atoms with van der Waals surface area (Å²) < 4.78 is 42.3. The Kier molecular flexibility index (Phi) is 7.68. The molecule has 1 aromatic carbocycles. The zero-order valence-corrected chi connectivity index (χ0v) is 24.6. The van der Waals surface area contributed by atoms with Crippen LogP contribution in [0.25, 0.3) is 11.1 Å². The van der Waals surface area contributed by atoms with Crippen molar-refractivity contribution in [2.24, 2.45) is 7.05 Å². The van der Waals surface area contributed by atoms with E-state index < -0.39 is 27.7 Å². The molecule has 224 valence electrons. The number of aromatic nitrogens is 3. The van der Waals surface area contributed by atoms with Crippen molar-refractivity contribution < 1.29 is 27.8 Å². The first kappa shape index (κ1) is 28.6. The Labute approximate surface area is 245 Å². The molecule has 13 heteroatoms. The summed E-state index contributed by atoms with van der Waals surface area (Å²) in [5.41, 5.74) is 2.01. The third kappa shape index (κ3) is 5.49. The molecule has 2 aromatic heterocycles. The van der Waals surface area contributed by atoms with Gasteiger partial charge in [-0.05, 0) is 36.6 Å². The molecule has 2 N–H and O–H groups in total. The number of aliphatic hydroxyl groups excluding tert-OH is 1. The zero-order chi connectivity index (χ0) is 29.5. The minimum absolute atomic E-state index is 0.0155. The molecule has 1 amide bonds. The predicted molar refractivity (Wildman–Crippen MR) is 153 cm³/mol. The molecule has 0 bridgehead atoms. The molecule has 42 heavy (non-hydrogen) atoms. The highest BCUT2D eigenvalue weighted by molar-refractivity contribution is 7.89. The van der Waals surface area contributed by atoms with Crippen molar-refractivity contribution in [2.75, 3.05) is 33.4 Å². The van der Waals surface area contributed by atoms with Crippen molar-refractivity contribution in [1.82, 2.24) is 29.3 Å². The van der Waals surface area contributed by atoms with Crippen molar-refractivity contribution in [3.8, 4) is 22.8 Å². The van der Waals surface area contributed by atoms with Gasteiger partial charge in [-0.25, -0.2) is 13.4 Å². The Hall–Kier alpha value is -3.52. The molecule has 3 aliphatic rings. The summed E-state index contributed by atoms with van der Waals surface area (Å²) in [5, 5.41) is 18.0. The van der Waals surface area contributed by atoms with Gasteiger partial charge in [0.05, 0.1) is 26.0 Å². The van der Waals surface area contributed by atoms with Crippen LogP contribution in [0, 0.1) is 0 Å². The van der Waals surface area contributed by atoms with Gasteiger partial charge in [-0.15, -0.1) is 0 Å². The number of nitrogens with one attached hydrogen (secondary N) is 1. The Morgan fingerprint density at radius 2 is 2.00 bits per heavy atom. The second kappa shape index (κ2) is 11.3. The van der Waals surface area contributed by atoms with Gasteiger partial charge in [0, 0.05) is 75.1 Å². The van der Waals surface area contributed by atoms with Crippen molar-refractivity contribution in [3.05, 3.63) is 54.5 Å². The number of aryl methyl sites for hydroxylation is 1. The van der Waals surface area contributed by atoms with Gasteiger partial charge in [0.2, 0.25) is 21.8 Å². The summed E-state index contributed by atoms with van der Waals surface area (Å²) in [7, 11) is -0.723. The van der Waals surface area contributed by atoms with Gasteiger partial charge in [0.25, 0.3) is 0 Å². The van der Waals surface area contributed by atoms with Crippen LogP contribution in [0.3, 0.4) is 0 Å². The lowest BCUT2D eigenvalue weighted by molar-refractivity contribution is -0.127. The van der Waals surface area contributed by atoms with E-state index in [4.69, 9.17) is 9.47 Å². The number of rotatable bonds is 4. The lowest BCUT2D eigenvalue weighted by Crippen LogP contribution is -2.59. The van der Waals surface area contributed by atoms with Gasteiger partial charge in [-0.1, -0.05) is 12.1 Å². The third-order valence-corrected chi connectivity index (χ3v) is 10.5. The molecule has 0 aliphatic carbocycles. The number of carbonyl (C=O) groups is 1. The van der Waals surface area contributed by atoms with Crippen molar-refractivity contribution in [1.29, 1.82) is 0 Å². The van der Waals surface area contributed by atoms with Crippen LogP contribution in [-0.4, -0.2) is 94.4 Å². The number of methoxy groups -OCH3 is 1. The highest BCUT2D eigenvalue weighted by Crippen LogP contribution is 2.37. The number of likely N-dealkylation sites (tertiary alicyclic amines) is 1. The van der Waals surface area contributed by atoms with Gasteiger partial charge >= 0.3 is 0 Å². The maximum Gasteiger partial charge on any atom is 0.247 e. The second-order valence-corrected chi connectivity index (χ2v) is 13.2. The molecule has 1 spiro atoms. The average molecular weight is 597 g/mol. The number of benzene rings is 1. The molecule has 3 aromatic rings. The quantitative estimate of drug-likeness (QED) is 0.459. The molecule has 2 atom stereocenters. The monoisotopic (exact) mass is 596 g/mol. The van der Waals surface area contributed by atoms with Gasteiger partial charge in [-0.3, -0.25) is 14.4 Å². The van der Waals surface area contributed by atoms with E-state index in [2.05, 4.69) is 20.3 Å². The number of amides is 1. The highest BCUT2D eigenvalue weighted by atomic mass is 32.2. The summed E-state index contributed by atoms with van der Waals surface area (Å²) in [4.78, 5) is 20.3. The van der Waals surface area contributed by atoms with Crippen LogP contribution in [0.15, 0.2) is 53.8 Å². The molecule has 0 saturated carbocycles. The average Bonchev–Trinajstić information content (AvgIpc) is 3.60. The minimum Gasteiger partial charge on any atom is -0.492 e. The molecule has 0 unspecified atom stereocenters. The summed E-state index contributed by atoms with van der Waals surface area (Å²) in [6.45, 7) is 2.18. The van der Waals surface area contributed by atoms with Gasteiger partial charge < -0.3 is 19.9 Å². The number of sulfonamides is 1. The smallest absolute Gasteiger partial charge is 0.247 e. The molecular weight excluding hydrogens is 560 g/mol. The molecule has 12 nitrogen and oxygen atoms in total. The summed E-state index contributed by atoms with van der Waals surface area (Å²) >= 11 is 0. The number of ether oxygens (including phenoxy) is 2. The molecular formula is C29H36N6O6S. The number of piperidine rings is 1. The first-order valence-corrected chi connectivity index (χ1v) is 15.6. The fourth-order valence-corrected chi connectivity index (χ4v) is 8.00. The standard InChI is InChI=1S/C29H36N6O6S/c1-33-17-22(16-31-33)20-5-6-26-25(14-20)41-13-9-29(32-27(37)24-15-23(36)19-35(24)42(26,38)39)7-11-34(12-8-29)18-21-4-3-10-30-28(21)40-2/h3-6,10,14,16-17,23-24,36H,7-9,11-13,15,18-19H2,1-2H3,(H,32,37)/t23-,24+/m1/s1. The van der Waals surface area contributed by atoms with E-state index in [1.807, 2.05) is 25.4 Å². The number of pyridine rings is 1. The van der Waals surface area contributed by atoms with Crippen LogP contribution in [0.4, 0.5) is 0 Å². The zero-order valence-electron chi connectivity index (χ0n) is 23.8. The lowest BCUT2D eigenvalue weighted by Gasteiger charge is -2.43. The number of hydrogen-bond donors (Lipinski definition) is 2. The van der Waals surface area contributed by atoms with Gasteiger partial charge in [0.15, 0.2) is 0 Å². The van der Waals surface area contributed by atoms with E-state index in [0.717, 1.165) is 34.1 Å². The van der Waals surface area contributed by atoms with Crippen molar-refractivity contribution >= 4 is 15.9 Å². The molecule has 3 aliphatic heterocycles. The third-order valence-electron chi connectivity index (χ3n) is 8.58. The Balaban J connectivity index is 1.29. The molecule has 5 heterocycles. The lowest BCUT2D eigenvalue weighted by atomic mass is 9.84. The maximum atomic E-state index is 13.9. The van der Waals surface area contributed by atoms with Crippen LogP contribution in [-0.2, 0) is 28.4 Å². The number of carbonyl (C=O) groups excluding carboxylic acids is 1.